The molecule has 1 heterocycles. The van der Waals surface area contributed by atoms with Crippen molar-refractivity contribution in [3.63, 3.8) is 0 Å². The Hall–Kier alpha value is -0.860. The second-order valence-electron chi connectivity index (χ2n) is 5.67. The summed E-state index contributed by atoms with van der Waals surface area (Å²) < 4.78 is 5.89. The van der Waals surface area contributed by atoms with Gasteiger partial charge in [-0.1, -0.05) is 29.8 Å². The number of aryl methyl sites for hydroxylation is 1. The highest BCUT2D eigenvalue weighted by Crippen LogP contribution is 2.25. The average Bonchev–Trinajstić information content (AvgIpc) is 2.77. The molecule has 18 heavy (non-hydrogen) atoms. The van der Waals surface area contributed by atoms with E-state index in [1.54, 1.807) is 0 Å². The van der Waals surface area contributed by atoms with Gasteiger partial charge in [0.15, 0.2) is 0 Å². The zero-order valence-electron chi connectivity index (χ0n) is 11.6. The van der Waals surface area contributed by atoms with Crippen LogP contribution in [0.15, 0.2) is 24.3 Å². The third-order valence-electron chi connectivity index (χ3n) is 3.89. The molecule has 3 atom stereocenters. The van der Waals surface area contributed by atoms with Crippen LogP contribution in [-0.2, 0) is 11.2 Å². The summed E-state index contributed by atoms with van der Waals surface area (Å²) in [6, 6.07) is 8.79. The van der Waals surface area contributed by atoms with Crippen LogP contribution in [0.1, 0.15) is 37.3 Å². The lowest BCUT2D eigenvalue weighted by atomic mass is 9.92. The maximum absolute atomic E-state index is 5.91. The molecule has 2 rings (SSSR count). The fraction of sp³-hybridized carbons (Fsp3) is 0.625. The monoisotopic (exact) mass is 247 g/mol. The van der Waals surface area contributed by atoms with E-state index < -0.39 is 0 Å². The van der Waals surface area contributed by atoms with E-state index >= 15 is 0 Å². The fourth-order valence-electron chi connectivity index (χ4n) is 2.75. The molecule has 0 aliphatic carbocycles. The van der Waals surface area contributed by atoms with E-state index in [0.717, 1.165) is 19.4 Å². The number of hydrogen-bond donors (Lipinski definition) is 1. The van der Waals surface area contributed by atoms with Crippen LogP contribution in [-0.4, -0.2) is 18.8 Å². The first kappa shape index (κ1) is 13.6. The van der Waals surface area contributed by atoms with Crippen LogP contribution in [0.5, 0.6) is 0 Å². The summed E-state index contributed by atoms with van der Waals surface area (Å²) in [6.07, 6.45) is 5.45. The summed E-state index contributed by atoms with van der Waals surface area (Å²) in [7, 11) is 0. The maximum atomic E-state index is 5.91. The predicted octanol–water partition coefficient (Wildman–Crippen LogP) is 3.07. The minimum Gasteiger partial charge on any atom is -0.375 e. The van der Waals surface area contributed by atoms with Crippen molar-refractivity contribution in [1.29, 1.82) is 0 Å². The van der Waals surface area contributed by atoms with Crippen LogP contribution in [0.2, 0.25) is 0 Å². The quantitative estimate of drug-likeness (QED) is 0.868. The van der Waals surface area contributed by atoms with Gasteiger partial charge in [0, 0.05) is 0 Å². The van der Waals surface area contributed by atoms with Crippen molar-refractivity contribution in [2.24, 2.45) is 11.7 Å². The van der Waals surface area contributed by atoms with Gasteiger partial charge in [0.2, 0.25) is 0 Å². The van der Waals surface area contributed by atoms with E-state index in [1.165, 1.54) is 24.0 Å². The highest BCUT2D eigenvalue weighted by Gasteiger charge is 2.24. The smallest absolute Gasteiger partial charge is 0.0583 e. The molecule has 1 aromatic carbocycles. The van der Waals surface area contributed by atoms with Gasteiger partial charge in [0.05, 0.1) is 12.2 Å². The molecule has 0 saturated carbocycles. The minimum atomic E-state index is 0.430. The van der Waals surface area contributed by atoms with Crippen LogP contribution >= 0.6 is 0 Å². The van der Waals surface area contributed by atoms with Gasteiger partial charge in [0.25, 0.3) is 0 Å². The lowest BCUT2D eigenvalue weighted by Gasteiger charge is -2.19. The van der Waals surface area contributed by atoms with Crippen molar-refractivity contribution in [2.75, 3.05) is 6.54 Å². The van der Waals surface area contributed by atoms with Crippen LogP contribution < -0.4 is 5.73 Å². The first-order chi connectivity index (χ1) is 8.67. The van der Waals surface area contributed by atoms with Gasteiger partial charge in [-0.2, -0.15) is 0 Å². The molecule has 0 spiro atoms. The Balaban J connectivity index is 1.87. The molecule has 1 aromatic rings. The van der Waals surface area contributed by atoms with Crippen molar-refractivity contribution in [3.05, 3.63) is 35.4 Å². The zero-order chi connectivity index (χ0) is 13.0. The topological polar surface area (TPSA) is 35.2 Å². The molecule has 2 nitrogen and oxygen atoms in total. The summed E-state index contributed by atoms with van der Waals surface area (Å²) in [5.41, 5.74) is 8.61. The molecule has 0 radical (unpaired) electrons. The maximum Gasteiger partial charge on any atom is 0.0583 e. The summed E-state index contributed by atoms with van der Waals surface area (Å²) in [5.74, 6) is 0.544. The Labute approximate surface area is 111 Å². The van der Waals surface area contributed by atoms with Crippen LogP contribution in [0.25, 0.3) is 0 Å². The van der Waals surface area contributed by atoms with Crippen molar-refractivity contribution in [2.45, 2.75) is 51.7 Å². The lowest BCUT2D eigenvalue weighted by Crippen LogP contribution is -2.23. The van der Waals surface area contributed by atoms with E-state index in [9.17, 15) is 0 Å². The molecule has 1 fully saturated rings. The van der Waals surface area contributed by atoms with Gasteiger partial charge in [-0.05, 0) is 57.6 Å². The van der Waals surface area contributed by atoms with Crippen molar-refractivity contribution < 1.29 is 4.74 Å². The molecule has 0 aromatic heterocycles. The van der Waals surface area contributed by atoms with Crippen LogP contribution in [0.3, 0.4) is 0 Å². The first-order valence-electron chi connectivity index (χ1n) is 7.08. The number of benzene rings is 1. The molecular formula is C16H25NO. The van der Waals surface area contributed by atoms with Gasteiger partial charge >= 0.3 is 0 Å². The third kappa shape index (κ3) is 3.82. The van der Waals surface area contributed by atoms with E-state index in [0.29, 0.717) is 18.1 Å². The van der Waals surface area contributed by atoms with Crippen LogP contribution in [0, 0.1) is 12.8 Å². The molecule has 0 bridgehead atoms. The standard InChI is InChI=1S/C16H25NO/c1-12-3-6-14(7-4-12)9-15(11-17)10-16-8-5-13(2)18-16/h3-4,6-7,13,15-16H,5,8-11,17H2,1-2H3. The SMILES string of the molecule is Cc1ccc(CC(CN)CC2CCC(C)O2)cc1. The van der Waals surface area contributed by atoms with Crippen molar-refractivity contribution >= 4 is 0 Å². The average molecular weight is 247 g/mol. The number of nitrogens with two attached hydrogens (primary N) is 1. The molecular weight excluding hydrogens is 222 g/mol. The summed E-state index contributed by atoms with van der Waals surface area (Å²) in [5, 5.41) is 0. The predicted molar refractivity (Wildman–Crippen MR) is 75.6 cm³/mol. The minimum absolute atomic E-state index is 0.430. The van der Waals surface area contributed by atoms with E-state index in [4.69, 9.17) is 10.5 Å². The molecule has 100 valence electrons. The Kier molecular flexibility index (Phi) is 4.79. The van der Waals surface area contributed by atoms with E-state index in [-0.39, 0.29) is 0 Å². The van der Waals surface area contributed by atoms with E-state index in [1.807, 2.05) is 0 Å². The fourth-order valence-corrected chi connectivity index (χ4v) is 2.75. The normalized spacial score (nSPS) is 25.3. The Morgan fingerprint density at radius 1 is 1.28 bits per heavy atom. The molecule has 2 N–H and O–H groups in total. The Morgan fingerprint density at radius 3 is 2.56 bits per heavy atom. The lowest BCUT2D eigenvalue weighted by molar-refractivity contribution is 0.0415. The third-order valence-corrected chi connectivity index (χ3v) is 3.89. The second-order valence-corrected chi connectivity index (χ2v) is 5.67. The Morgan fingerprint density at radius 2 is 2.00 bits per heavy atom. The van der Waals surface area contributed by atoms with Crippen LogP contribution in [0.4, 0.5) is 0 Å². The Bertz CT molecular complexity index is 360. The largest absolute Gasteiger partial charge is 0.375 e. The van der Waals surface area contributed by atoms with Gasteiger partial charge in [-0.25, -0.2) is 0 Å². The van der Waals surface area contributed by atoms with Gasteiger partial charge in [-0.15, -0.1) is 0 Å². The first-order valence-corrected chi connectivity index (χ1v) is 7.08. The molecule has 2 heteroatoms. The summed E-state index contributed by atoms with van der Waals surface area (Å²) >= 11 is 0. The number of rotatable bonds is 5. The van der Waals surface area contributed by atoms with Gasteiger partial charge in [-0.3, -0.25) is 0 Å². The molecule has 1 aliphatic heterocycles. The zero-order valence-corrected chi connectivity index (χ0v) is 11.6. The summed E-state index contributed by atoms with van der Waals surface area (Å²) in [6.45, 7) is 5.04. The second kappa shape index (κ2) is 6.35. The molecule has 0 amide bonds. The van der Waals surface area contributed by atoms with E-state index in [2.05, 4.69) is 38.1 Å². The van der Waals surface area contributed by atoms with Crippen molar-refractivity contribution in [1.82, 2.24) is 0 Å². The van der Waals surface area contributed by atoms with Gasteiger partial charge in [0.1, 0.15) is 0 Å². The molecule has 1 saturated heterocycles. The highest BCUT2D eigenvalue weighted by molar-refractivity contribution is 5.21. The summed E-state index contributed by atoms with van der Waals surface area (Å²) in [4.78, 5) is 0. The van der Waals surface area contributed by atoms with Gasteiger partial charge < -0.3 is 10.5 Å². The number of ether oxygens (including phenoxy) is 1. The molecule has 3 unspecified atom stereocenters. The number of hydrogen-bond acceptors (Lipinski definition) is 2. The highest BCUT2D eigenvalue weighted by atomic mass is 16.5. The molecule has 1 aliphatic rings. The van der Waals surface area contributed by atoms with Crippen molar-refractivity contribution in [3.8, 4) is 0 Å².